The molecule has 18 heavy (non-hydrogen) atoms. The Morgan fingerprint density at radius 3 is 2.44 bits per heavy atom. The number of nitrogens with one attached hydrogen (secondary N) is 1. The van der Waals surface area contributed by atoms with E-state index in [0.29, 0.717) is 0 Å². The van der Waals surface area contributed by atoms with Gasteiger partial charge < -0.3 is 15.1 Å². The van der Waals surface area contributed by atoms with Gasteiger partial charge >= 0.3 is 0 Å². The fraction of sp³-hybridized carbons (Fsp3) is 0.846. The van der Waals surface area contributed by atoms with Gasteiger partial charge in [0.1, 0.15) is 6.04 Å². The summed E-state index contributed by atoms with van der Waals surface area (Å²) in [6.45, 7) is 2.57. The molecule has 2 fully saturated rings. The Morgan fingerprint density at radius 1 is 1.17 bits per heavy atom. The topological polar surface area (TPSA) is 52.7 Å². The summed E-state index contributed by atoms with van der Waals surface area (Å²) in [7, 11) is 3.52. The lowest BCUT2D eigenvalue weighted by atomic mass is 9.96. The van der Waals surface area contributed by atoms with Crippen LogP contribution >= 0.6 is 0 Å². The molecule has 1 atom stereocenters. The van der Waals surface area contributed by atoms with E-state index in [0.717, 1.165) is 45.3 Å². The largest absolute Gasteiger partial charge is 0.347 e. The third-order valence-corrected chi connectivity index (χ3v) is 3.95. The van der Waals surface area contributed by atoms with Crippen LogP contribution in [-0.4, -0.2) is 61.4 Å². The Balaban J connectivity index is 2.01. The lowest BCUT2D eigenvalue weighted by Gasteiger charge is -2.31. The molecule has 2 amide bonds. The van der Waals surface area contributed by atoms with Crippen LogP contribution in [0.4, 0.5) is 0 Å². The standard InChI is InChI=1S/C13H23N3O2/c1-15(2)13(18)11-4-3-9-16(11)12(17)10-5-7-14-8-6-10/h10-11,14H,3-9H2,1-2H3. The Morgan fingerprint density at radius 2 is 1.83 bits per heavy atom. The third-order valence-electron chi connectivity index (χ3n) is 3.95. The minimum absolute atomic E-state index is 0.0646. The molecule has 0 saturated carbocycles. The highest BCUT2D eigenvalue weighted by Gasteiger charge is 2.37. The summed E-state index contributed by atoms with van der Waals surface area (Å²) >= 11 is 0. The van der Waals surface area contributed by atoms with Gasteiger partial charge in [0.2, 0.25) is 11.8 Å². The Hall–Kier alpha value is -1.10. The van der Waals surface area contributed by atoms with E-state index in [9.17, 15) is 9.59 Å². The second-order valence-electron chi connectivity index (χ2n) is 5.45. The summed E-state index contributed by atoms with van der Waals surface area (Å²) in [5, 5.41) is 3.27. The zero-order valence-electron chi connectivity index (χ0n) is 11.3. The molecule has 0 aromatic rings. The Kier molecular flexibility index (Phi) is 4.22. The van der Waals surface area contributed by atoms with Gasteiger partial charge in [-0.3, -0.25) is 9.59 Å². The maximum atomic E-state index is 12.5. The van der Waals surface area contributed by atoms with Crippen LogP contribution < -0.4 is 5.32 Å². The number of rotatable bonds is 2. The molecule has 1 N–H and O–H groups in total. The van der Waals surface area contributed by atoms with E-state index in [1.807, 2.05) is 4.90 Å². The normalized spacial score (nSPS) is 25.2. The van der Waals surface area contributed by atoms with Crippen molar-refractivity contribution < 1.29 is 9.59 Å². The van der Waals surface area contributed by atoms with Crippen molar-refractivity contribution in [1.82, 2.24) is 15.1 Å². The fourth-order valence-electron chi connectivity index (χ4n) is 2.89. The second kappa shape index (κ2) is 5.69. The fourth-order valence-corrected chi connectivity index (χ4v) is 2.89. The zero-order chi connectivity index (χ0) is 13.1. The molecule has 0 aliphatic carbocycles. The van der Waals surface area contributed by atoms with Crippen LogP contribution in [-0.2, 0) is 9.59 Å². The number of likely N-dealkylation sites (tertiary alicyclic amines) is 1. The lowest BCUT2D eigenvalue weighted by molar-refractivity contribution is -0.145. The number of piperidine rings is 1. The molecule has 0 aromatic heterocycles. The molecule has 0 aromatic carbocycles. The number of hydrogen-bond acceptors (Lipinski definition) is 3. The number of nitrogens with zero attached hydrogens (tertiary/aromatic N) is 2. The summed E-state index contributed by atoms with van der Waals surface area (Å²) in [6.07, 6.45) is 3.56. The minimum Gasteiger partial charge on any atom is -0.347 e. The number of carbonyl (C=O) groups excluding carboxylic acids is 2. The van der Waals surface area contributed by atoms with E-state index >= 15 is 0 Å². The molecule has 2 saturated heterocycles. The van der Waals surface area contributed by atoms with Crippen molar-refractivity contribution in [2.45, 2.75) is 31.7 Å². The second-order valence-corrected chi connectivity index (χ2v) is 5.45. The van der Waals surface area contributed by atoms with Crippen molar-refractivity contribution in [1.29, 1.82) is 0 Å². The van der Waals surface area contributed by atoms with E-state index in [1.165, 1.54) is 0 Å². The van der Waals surface area contributed by atoms with Crippen LogP contribution in [0, 0.1) is 5.92 Å². The van der Waals surface area contributed by atoms with Crippen LogP contribution in [0.15, 0.2) is 0 Å². The Labute approximate surface area is 108 Å². The molecule has 2 aliphatic rings. The number of hydrogen-bond donors (Lipinski definition) is 1. The zero-order valence-corrected chi connectivity index (χ0v) is 11.3. The molecule has 5 nitrogen and oxygen atoms in total. The molecule has 2 rings (SSSR count). The third kappa shape index (κ3) is 2.66. The summed E-state index contributed by atoms with van der Waals surface area (Å²) in [4.78, 5) is 27.9. The van der Waals surface area contributed by atoms with Gasteiger partial charge in [-0.1, -0.05) is 0 Å². The summed E-state index contributed by atoms with van der Waals surface area (Å²) < 4.78 is 0. The summed E-state index contributed by atoms with van der Waals surface area (Å²) in [5.41, 5.74) is 0. The SMILES string of the molecule is CN(C)C(=O)C1CCCN1C(=O)C1CCNCC1. The van der Waals surface area contributed by atoms with Gasteiger partial charge in [0, 0.05) is 26.6 Å². The maximum Gasteiger partial charge on any atom is 0.244 e. The molecule has 0 spiro atoms. The van der Waals surface area contributed by atoms with Gasteiger partial charge in [-0.05, 0) is 38.8 Å². The first-order valence-corrected chi connectivity index (χ1v) is 6.83. The average Bonchev–Trinajstić information content (AvgIpc) is 2.87. The van der Waals surface area contributed by atoms with Gasteiger partial charge in [-0.25, -0.2) is 0 Å². The highest BCUT2D eigenvalue weighted by molar-refractivity contribution is 5.89. The van der Waals surface area contributed by atoms with Gasteiger partial charge in [-0.15, -0.1) is 0 Å². The number of likely N-dealkylation sites (N-methyl/N-ethyl adjacent to an activating group) is 1. The van der Waals surface area contributed by atoms with Gasteiger partial charge in [0.25, 0.3) is 0 Å². The molecule has 2 aliphatic heterocycles. The monoisotopic (exact) mass is 253 g/mol. The molecule has 0 bridgehead atoms. The van der Waals surface area contributed by atoms with E-state index < -0.39 is 0 Å². The molecular formula is C13H23N3O2. The Bertz CT molecular complexity index is 324. The van der Waals surface area contributed by atoms with Crippen LogP contribution in [0.5, 0.6) is 0 Å². The van der Waals surface area contributed by atoms with E-state index in [1.54, 1.807) is 19.0 Å². The summed E-state index contributed by atoms with van der Waals surface area (Å²) in [6, 6.07) is -0.220. The number of amides is 2. The van der Waals surface area contributed by atoms with E-state index in [-0.39, 0.29) is 23.8 Å². The van der Waals surface area contributed by atoms with Crippen molar-refractivity contribution in [2.24, 2.45) is 5.92 Å². The van der Waals surface area contributed by atoms with E-state index in [2.05, 4.69) is 5.32 Å². The van der Waals surface area contributed by atoms with Crippen molar-refractivity contribution >= 4 is 11.8 Å². The molecule has 102 valence electrons. The van der Waals surface area contributed by atoms with Crippen molar-refractivity contribution in [3.63, 3.8) is 0 Å². The minimum atomic E-state index is -0.220. The first kappa shape index (κ1) is 13.3. The maximum absolute atomic E-state index is 12.5. The summed E-state index contributed by atoms with van der Waals surface area (Å²) in [5.74, 6) is 0.366. The average molecular weight is 253 g/mol. The quantitative estimate of drug-likeness (QED) is 0.757. The van der Waals surface area contributed by atoms with E-state index in [4.69, 9.17) is 0 Å². The number of carbonyl (C=O) groups is 2. The van der Waals surface area contributed by atoms with Gasteiger partial charge in [0.05, 0.1) is 0 Å². The van der Waals surface area contributed by atoms with Crippen LogP contribution in [0.2, 0.25) is 0 Å². The first-order valence-electron chi connectivity index (χ1n) is 6.83. The first-order chi connectivity index (χ1) is 8.61. The molecular weight excluding hydrogens is 230 g/mol. The predicted octanol–water partition coefficient (Wildman–Crippen LogP) is 0.0652. The van der Waals surface area contributed by atoms with Crippen LogP contribution in [0.3, 0.4) is 0 Å². The highest BCUT2D eigenvalue weighted by atomic mass is 16.2. The molecule has 5 heteroatoms. The molecule has 2 heterocycles. The lowest BCUT2D eigenvalue weighted by Crippen LogP contribution is -2.48. The smallest absolute Gasteiger partial charge is 0.244 e. The molecule has 1 unspecified atom stereocenters. The van der Waals surface area contributed by atoms with Crippen LogP contribution in [0.1, 0.15) is 25.7 Å². The van der Waals surface area contributed by atoms with Gasteiger partial charge in [-0.2, -0.15) is 0 Å². The van der Waals surface area contributed by atoms with Crippen LogP contribution in [0.25, 0.3) is 0 Å². The van der Waals surface area contributed by atoms with Gasteiger partial charge in [0.15, 0.2) is 0 Å². The predicted molar refractivity (Wildman–Crippen MR) is 69.0 cm³/mol. The molecule has 0 radical (unpaired) electrons. The highest BCUT2D eigenvalue weighted by Crippen LogP contribution is 2.24. The van der Waals surface area contributed by atoms with Crippen molar-refractivity contribution in [2.75, 3.05) is 33.7 Å². The van der Waals surface area contributed by atoms with Crippen molar-refractivity contribution in [3.05, 3.63) is 0 Å². The van der Waals surface area contributed by atoms with Crippen molar-refractivity contribution in [3.8, 4) is 0 Å².